The maximum atomic E-state index is 9.68. The molecule has 0 bridgehead atoms. The number of thioether (sulfide) groups is 1. The van der Waals surface area contributed by atoms with Gasteiger partial charge < -0.3 is 5.11 Å². The molecule has 0 atom stereocenters. The van der Waals surface area contributed by atoms with Crippen molar-refractivity contribution in [1.29, 1.82) is 0 Å². The molecule has 27 heavy (non-hydrogen) atoms. The van der Waals surface area contributed by atoms with Crippen LogP contribution in [0, 0.1) is 5.92 Å². The highest BCUT2D eigenvalue weighted by Crippen LogP contribution is 2.38. The molecule has 0 amide bonds. The van der Waals surface area contributed by atoms with E-state index in [1.165, 1.54) is 0 Å². The van der Waals surface area contributed by atoms with Gasteiger partial charge in [0.05, 0.1) is 16.5 Å². The molecule has 150 valence electrons. The molecule has 2 aromatic heterocycles. The maximum absolute atomic E-state index is 9.68. The Bertz CT molecular complexity index is 766. The number of hydrogen-bond donors (Lipinski definition) is 2. The van der Waals surface area contributed by atoms with Crippen molar-refractivity contribution in [1.82, 2.24) is 25.0 Å². The Hall–Kier alpha value is -1.34. The summed E-state index contributed by atoms with van der Waals surface area (Å²) in [7, 11) is 1.94. The average molecular weight is 392 g/mol. The third kappa shape index (κ3) is 4.74. The molecule has 0 aromatic carbocycles. The summed E-state index contributed by atoms with van der Waals surface area (Å²) in [5, 5.41) is 21.9. The van der Waals surface area contributed by atoms with Crippen molar-refractivity contribution in [2.24, 2.45) is 13.0 Å². The summed E-state index contributed by atoms with van der Waals surface area (Å²) in [5.74, 6) is 3.38. The SMILES string of the molecule is Cn1nc(C(C)(C)C)cc1-c1n[nH]c(C(C)(C)SCC2CCC(O)CC2)n1. The molecule has 0 radical (unpaired) electrons. The lowest BCUT2D eigenvalue weighted by Gasteiger charge is -2.28. The quantitative estimate of drug-likeness (QED) is 0.805. The Balaban J connectivity index is 1.70. The number of aromatic nitrogens is 5. The van der Waals surface area contributed by atoms with E-state index in [2.05, 4.69) is 56.0 Å². The van der Waals surface area contributed by atoms with Crippen LogP contribution in [0.15, 0.2) is 6.07 Å². The zero-order valence-corrected chi connectivity index (χ0v) is 18.2. The van der Waals surface area contributed by atoms with E-state index in [-0.39, 0.29) is 16.3 Å². The van der Waals surface area contributed by atoms with Gasteiger partial charge in [0.25, 0.3) is 0 Å². The second-order valence-corrected chi connectivity index (χ2v) is 10.9. The Morgan fingerprint density at radius 1 is 1.19 bits per heavy atom. The second-order valence-electron chi connectivity index (χ2n) is 9.29. The first-order valence-corrected chi connectivity index (χ1v) is 10.8. The van der Waals surface area contributed by atoms with Gasteiger partial charge in [-0.15, -0.1) is 11.8 Å². The van der Waals surface area contributed by atoms with Crippen molar-refractivity contribution in [2.45, 2.75) is 76.6 Å². The van der Waals surface area contributed by atoms with Crippen LogP contribution >= 0.6 is 11.8 Å². The van der Waals surface area contributed by atoms with Gasteiger partial charge in [-0.3, -0.25) is 9.78 Å². The zero-order chi connectivity index (χ0) is 19.8. The standard InChI is InChI=1S/C20H33N5OS/c1-19(2,3)16-11-15(25(6)24-16)17-21-18(23-22-17)20(4,5)27-12-13-7-9-14(26)10-8-13/h11,13-14,26H,7-10,12H2,1-6H3,(H,21,22,23). The number of aryl methyl sites for hydroxylation is 1. The number of H-pyrrole nitrogens is 1. The van der Waals surface area contributed by atoms with Gasteiger partial charge in [-0.2, -0.15) is 10.2 Å². The molecule has 6 nitrogen and oxygen atoms in total. The zero-order valence-electron chi connectivity index (χ0n) is 17.4. The van der Waals surface area contributed by atoms with Crippen molar-refractivity contribution in [2.75, 3.05) is 5.75 Å². The predicted molar refractivity (Wildman–Crippen MR) is 111 cm³/mol. The monoisotopic (exact) mass is 391 g/mol. The van der Waals surface area contributed by atoms with E-state index in [0.29, 0.717) is 11.7 Å². The van der Waals surface area contributed by atoms with Crippen LogP contribution in [-0.2, 0) is 17.2 Å². The summed E-state index contributed by atoms with van der Waals surface area (Å²) in [4.78, 5) is 4.80. The Morgan fingerprint density at radius 3 is 2.44 bits per heavy atom. The van der Waals surface area contributed by atoms with Crippen LogP contribution in [0.5, 0.6) is 0 Å². The predicted octanol–water partition coefficient (Wildman–Crippen LogP) is 4.02. The fourth-order valence-corrected chi connectivity index (χ4v) is 4.61. The third-order valence-electron chi connectivity index (χ3n) is 5.43. The van der Waals surface area contributed by atoms with Crippen molar-refractivity contribution < 1.29 is 5.11 Å². The average Bonchev–Trinajstić information content (AvgIpc) is 3.21. The van der Waals surface area contributed by atoms with Crippen molar-refractivity contribution >= 4 is 11.8 Å². The molecule has 7 heteroatoms. The number of rotatable bonds is 5. The van der Waals surface area contributed by atoms with Crippen LogP contribution in [0.2, 0.25) is 0 Å². The molecule has 0 aliphatic heterocycles. The summed E-state index contributed by atoms with van der Waals surface area (Å²) >= 11 is 1.92. The van der Waals surface area contributed by atoms with Gasteiger partial charge in [0.2, 0.25) is 0 Å². The molecule has 0 spiro atoms. The number of nitrogens with zero attached hydrogens (tertiary/aromatic N) is 4. The molecule has 3 rings (SSSR count). The maximum Gasteiger partial charge on any atom is 0.199 e. The lowest BCUT2D eigenvalue weighted by Crippen LogP contribution is -2.22. The molecule has 0 unspecified atom stereocenters. The van der Waals surface area contributed by atoms with E-state index in [4.69, 9.17) is 4.98 Å². The van der Waals surface area contributed by atoms with Crippen LogP contribution in [-0.4, -0.2) is 41.9 Å². The van der Waals surface area contributed by atoms with E-state index in [0.717, 1.165) is 48.6 Å². The first-order valence-electron chi connectivity index (χ1n) is 9.86. The molecular weight excluding hydrogens is 358 g/mol. The Labute approximate surface area is 166 Å². The Morgan fingerprint density at radius 2 is 1.85 bits per heavy atom. The minimum atomic E-state index is -0.132. The molecule has 2 N–H and O–H groups in total. The fraction of sp³-hybridized carbons (Fsp3) is 0.750. The van der Waals surface area contributed by atoms with E-state index in [1.54, 1.807) is 0 Å². The molecular formula is C20H33N5OS. The molecule has 2 heterocycles. The third-order valence-corrected chi connectivity index (χ3v) is 6.98. The normalized spacial score (nSPS) is 21.6. The van der Waals surface area contributed by atoms with Gasteiger partial charge in [-0.1, -0.05) is 20.8 Å². The Kier molecular flexibility index (Phi) is 5.73. The highest BCUT2D eigenvalue weighted by molar-refractivity contribution is 8.00. The van der Waals surface area contributed by atoms with E-state index < -0.39 is 0 Å². The van der Waals surface area contributed by atoms with E-state index >= 15 is 0 Å². The fourth-order valence-electron chi connectivity index (χ4n) is 3.39. The summed E-state index contributed by atoms with van der Waals surface area (Å²) in [6, 6.07) is 2.08. The molecule has 2 aromatic rings. The molecule has 1 fully saturated rings. The first-order chi connectivity index (χ1) is 12.6. The second kappa shape index (κ2) is 7.59. The van der Waals surface area contributed by atoms with Crippen molar-refractivity contribution in [3.05, 3.63) is 17.6 Å². The van der Waals surface area contributed by atoms with Gasteiger partial charge in [0.1, 0.15) is 11.5 Å². The topological polar surface area (TPSA) is 79.6 Å². The minimum Gasteiger partial charge on any atom is -0.393 e. The van der Waals surface area contributed by atoms with Crippen molar-refractivity contribution in [3.63, 3.8) is 0 Å². The number of aromatic amines is 1. The lowest BCUT2D eigenvalue weighted by atomic mass is 9.89. The molecule has 1 aliphatic carbocycles. The summed E-state index contributed by atoms with van der Waals surface area (Å²) in [6.45, 7) is 10.9. The van der Waals surface area contributed by atoms with Crippen molar-refractivity contribution in [3.8, 4) is 11.5 Å². The van der Waals surface area contributed by atoms with Gasteiger partial charge >= 0.3 is 0 Å². The lowest BCUT2D eigenvalue weighted by molar-refractivity contribution is 0.113. The van der Waals surface area contributed by atoms with Gasteiger partial charge in [-0.05, 0) is 57.3 Å². The molecule has 0 saturated heterocycles. The highest BCUT2D eigenvalue weighted by atomic mass is 32.2. The number of aliphatic hydroxyl groups is 1. The minimum absolute atomic E-state index is 0.00214. The van der Waals surface area contributed by atoms with E-state index in [1.807, 2.05) is 23.5 Å². The summed E-state index contributed by atoms with van der Waals surface area (Å²) in [6.07, 6.45) is 4.03. The van der Waals surface area contributed by atoms with E-state index in [9.17, 15) is 5.11 Å². The van der Waals surface area contributed by atoms with Crippen LogP contribution in [0.4, 0.5) is 0 Å². The van der Waals surface area contributed by atoms with Gasteiger partial charge in [0.15, 0.2) is 5.82 Å². The van der Waals surface area contributed by atoms with Gasteiger partial charge in [-0.25, -0.2) is 4.98 Å². The summed E-state index contributed by atoms with van der Waals surface area (Å²) < 4.78 is 1.73. The summed E-state index contributed by atoms with van der Waals surface area (Å²) in [5.41, 5.74) is 1.97. The smallest absolute Gasteiger partial charge is 0.199 e. The van der Waals surface area contributed by atoms with Crippen LogP contribution in [0.25, 0.3) is 11.5 Å². The number of aliphatic hydroxyl groups excluding tert-OH is 1. The van der Waals surface area contributed by atoms with Gasteiger partial charge in [0, 0.05) is 12.5 Å². The molecule has 1 saturated carbocycles. The highest BCUT2D eigenvalue weighted by Gasteiger charge is 2.29. The largest absolute Gasteiger partial charge is 0.393 e. The molecule has 1 aliphatic rings. The van der Waals surface area contributed by atoms with Crippen LogP contribution < -0.4 is 0 Å². The van der Waals surface area contributed by atoms with Crippen LogP contribution in [0.1, 0.15) is 71.8 Å². The van der Waals surface area contributed by atoms with Crippen LogP contribution in [0.3, 0.4) is 0 Å². The number of hydrogen-bond acceptors (Lipinski definition) is 5. The first kappa shape index (κ1) is 20.4. The number of nitrogens with one attached hydrogen (secondary N) is 1.